The average Bonchev–Trinajstić information content (AvgIpc) is 2.67. The maximum absolute atomic E-state index is 13.1. The Morgan fingerprint density at radius 1 is 1.20 bits per heavy atom. The van der Waals surface area contributed by atoms with Crippen LogP contribution in [0.25, 0.3) is 5.76 Å². The van der Waals surface area contributed by atoms with E-state index in [1.54, 1.807) is 31.3 Å². The Hall–Kier alpha value is -3.20. The lowest BCUT2D eigenvalue weighted by Gasteiger charge is -2.30. The van der Waals surface area contributed by atoms with Crippen molar-refractivity contribution in [3.05, 3.63) is 59.4 Å². The van der Waals surface area contributed by atoms with Gasteiger partial charge in [0, 0.05) is 30.1 Å². The third kappa shape index (κ3) is 5.04. The number of carbonyl (C=O) groups is 2. The number of carbonyl (C=O) groups excluding carboxylic acids is 2. The number of amides is 1. The largest absolute Gasteiger partial charge is 0.511 e. The van der Waals surface area contributed by atoms with Crippen LogP contribution in [0.4, 0.5) is 10.6 Å². The van der Waals surface area contributed by atoms with Gasteiger partial charge in [0.25, 0.3) is 5.91 Å². The molecule has 0 saturated heterocycles. The Balaban J connectivity index is 1.94. The Labute approximate surface area is 179 Å². The predicted octanol–water partition coefficient (Wildman–Crippen LogP) is 4.19. The van der Waals surface area contributed by atoms with Crippen LogP contribution in [-0.4, -0.2) is 41.3 Å². The molecule has 1 aliphatic heterocycles. The molecule has 1 aromatic heterocycles. The molecule has 3 rings (SSSR count). The van der Waals surface area contributed by atoms with E-state index in [2.05, 4.69) is 10.3 Å². The molecule has 1 amide bonds. The molecule has 0 saturated carbocycles. The maximum Gasteiger partial charge on any atom is 0.511 e. The highest BCUT2D eigenvalue weighted by Gasteiger charge is 2.31. The molecule has 1 aromatic carbocycles. The van der Waals surface area contributed by atoms with Crippen molar-refractivity contribution in [3.63, 3.8) is 0 Å². The average molecular weight is 429 g/mol. The Morgan fingerprint density at radius 3 is 2.70 bits per heavy atom. The highest BCUT2D eigenvalue weighted by molar-refractivity contribution is 7.97. The second-order valence-electron chi connectivity index (χ2n) is 6.37. The van der Waals surface area contributed by atoms with Gasteiger partial charge in [0.05, 0.1) is 6.61 Å². The van der Waals surface area contributed by atoms with Gasteiger partial charge in [0.15, 0.2) is 11.5 Å². The standard InChI is InChI=1S/C21H23N3O5S/c1-5-27-21(26)29-14(3)28-19-15-10-6-7-11-16(15)30-24(4)18(19)20(25)23-17-12-8-9-13(2)22-17/h6-12,14H,5H2,1-4H3,(H,22,23,25). The molecular weight excluding hydrogens is 406 g/mol. The molecule has 0 spiro atoms. The first-order valence-electron chi connectivity index (χ1n) is 9.39. The molecule has 2 heterocycles. The smallest absolute Gasteiger partial charge is 0.452 e. The summed E-state index contributed by atoms with van der Waals surface area (Å²) in [5.74, 6) is 0.338. The van der Waals surface area contributed by atoms with Crippen LogP contribution >= 0.6 is 11.9 Å². The molecule has 9 heteroatoms. The summed E-state index contributed by atoms with van der Waals surface area (Å²) in [5.41, 5.74) is 1.79. The number of nitrogens with one attached hydrogen (secondary N) is 1. The van der Waals surface area contributed by atoms with E-state index in [1.807, 2.05) is 43.3 Å². The number of pyridine rings is 1. The van der Waals surface area contributed by atoms with Crippen LogP contribution in [0.1, 0.15) is 25.1 Å². The number of anilines is 1. The molecular formula is C21H23N3O5S. The Bertz CT molecular complexity index is 979. The topological polar surface area (TPSA) is 90.0 Å². The zero-order valence-corrected chi connectivity index (χ0v) is 18.0. The fourth-order valence-corrected chi connectivity index (χ4v) is 3.78. The minimum Gasteiger partial charge on any atom is -0.452 e. The summed E-state index contributed by atoms with van der Waals surface area (Å²) in [6, 6.07) is 12.9. The highest BCUT2D eigenvalue weighted by atomic mass is 32.2. The summed E-state index contributed by atoms with van der Waals surface area (Å²) in [6.45, 7) is 5.27. The second kappa shape index (κ2) is 9.53. The number of benzene rings is 1. The van der Waals surface area contributed by atoms with Gasteiger partial charge in [0.1, 0.15) is 5.82 Å². The van der Waals surface area contributed by atoms with Crippen LogP contribution in [0.15, 0.2) is 53.1 Å². The summed E-state index contributed by atoms with van der Waals surface area (Å²) >= 11 is 1.40. The van der Waals surface area contributed by atoms with Gasteiger partial charge in [-0.2, -0.15) is 0 Å². The van der Waals surface area contributed by atoms with Gasteiger partial charge in [-0.25, -0.2) is 9.78 Å². The van der Waals surface area contributed by atoms with Crippen LogP contribution < -0.4 is 5.32 Å². The first kappa shape index (κ1) is 21.5. The zero-order chi connectivity index (χ0) is 21.7. The van der Waals surface area contributed by atoms with E-state index in [9.17, 15) is 9.59 Å². The van der Waals surface area contributed by atoms with E-state index >= 15 is 0 Å². The summed E-state index contributed by atoms with van der Waals surface area (Å²) in [4.78, 5) is 30.0. The molecule has 0 radical (unpaired) electrons. The molecule has 0 bridgehead atoms. The van der Waals surface area contributed by atoms with E-state index in [1.165, 1.54) is 11.9 Å². The molecule has 30 heavy (non-hydrogen) atoms. The van der Waals surface area contributed by atoms with E-state index < -0.39 is 18.4 Å². The number of rotatable bonds is 6. The van der Waals surface area contributed by atoms with E-state index in [4.69, 9.17) is 14.2 Å². The quantitative estimate of drug-likeness (QED) is 0.415. The lowest BCUT2D eigenvalue weighted by Crippen LogP contribution is -2.30. The SMILES string of the molecule is CCOC(=O)OC(C)OC1=C(C(=O)Nc2cccc(C)n2)N(C)Sc2ccccc21. The van der Waals surface area contributed by atoms with Gasteiger partial charge >= 0.3 is 6.16 Å². The number of aryl methyl sites for hydroxylation is 1. The number of hydrogen-bond donors (Lipinski definition) is 1. The fraction of sp³-hybridized carbons (Fsp3) is 0.286. The monoisotopic (exact) mass is 429 g/mol. The van der Waals surface area contributed by atoms with Crippen molar-refractivity contribution < 1.29 is 23.8 Å². The second-order valence-corrected chi connectivity index (χ2v) is 7.54. The number of aromatic nitrogens is 1. The molecule has 1 atom stereocenters. The van der Waals surface area contributed by atoms with E-state index in [-0.39, 0.29) is 12.3 Å². The number of hydrogen-bond acceptors (Lipinski definition) is 8. The maximum atomic E-state index is 13.1. The first-order valence-corrected chi connectivity index (χ1v) is 10.2. The number of fused-ring (bicyclic) bond motifs is 1. The van der Waals surface area contributed by atoms with Crippen molar-refractivity contribution in [1.29, 1.82) is 0 Å². The first-order chi connectivity index (χ1) is 14.4. The number of nitrogens with zero attached hydrogens (tertiary/aromatic N) is 2. The highest BCUT2D eigenvalue weighted by Crippen LogP contribution is 2.41. The summed E-state index contributed by atoms with van der Waals surface area (Å²) in [5, 5.41) is 2.80. The summed E-state index contributed by atoms with van der Waals surface area (Å²) in [7, 11) is 1.76. The van der Waals surface area contributed by atoms with Gasteiger partial charge in [0.2, 0.25) is 6.29 Å². The van der Waals surface area contributed by atoms with Gasteiger partial charge in [-0.15, -0.1) is 0 Å². The molecule has 2 aromatic rings. The van der Waals surface area contributed by atoms with Crippen LogP contribution in [0.3, 0.4) is 0 Å². The van der Waals surface area contributed by atoms with Crippen molar-refractivity contribution in [3.8, 4) is 0 Å². The van der Waals surface area contributed by atoms with E-state index in [0.717, 1.165) is 16.2 Å². The van der Waals surface area contributed by atoms with Crippen LogP contribution in [0.5, 0.6) is 0 Å². The molecule has 158 valence electrons. The normalized spacial score (nSPS) is 13.9. The van der Waals surface area contributed by atoms with Gasteiger partial charge < -0.3 is 23.8 Å². The van der Waals surface area contributed by atoms with E-state index in [0.29, 0.717) is 11.6 Å². The zero-order valence-electron chi connectivity index (χ0n) is 17.2. The Kier molecular flexibility index (Phi) is 6.83. The lowest BCUT2D eigenvalue weighted by molar-refractivity contribution is -0.114. The Morgan fingerprint density at radius 2 is 1.97 bits per heavy atom. The van der Waals surface area contributed by atoms with Gasteiger partial charge in [-0.3, -0.25) is 4.79 Å². The van der Waals surface area contributed by atoms with Crippen molar-refractivity contribution >= 4 is 35.6 Å². The minimum absolute atomic E-state index is 0.188. The van der Waals surface area contributed by atoms with Crippen molar-refractivity contribution in [2.45, 2.75) is 32.0 Å². The van der Waals surface area contributed by atoms with Crippen LogP contribution in [-0.2, 0) is 19.0 Å². The van der Waals surface area contributed by atoms with Gasteiger partial charge in [-0.1, -0.05) is 18.2 Å². The number of likely N-dealkylation sites (N-methyl/N-ethyl adjacent to an activating group) is 1. The summed E-state index contributed by atoms with van der Waals surface area (Å²) < 4.78 is 17.5. The fourth-order valence-electron chi connectivity index (χ4n) is 2.83. The molecule has 1 aliphatic rings. The molecule has 1 unspecified atom stereocenters. The molecule has 0 aliphatic carbocycles. The summed E-state index contributed by atoms with van der Waals surface area (Å²) in [6.07, 6.45) is -1.81. The lowest BCUT2D eigenvalue weighted by atomic mass is 10.1. The molecule has 1 N–H and O–H groups in total. The third-order valence-corrected chi connectivity index (χ3v) is 5.06. The third-order valence-electron chi connectivity index (χ3n) is 4.05. The van der Waals surface area contributed by atoms with Crippen LogP contribution in [0, 0.1) is 6.92 Å². The van der Waals surface area contributed by atoms with Crippen molar-refractivity contribution in [2.24, 2.45) is 0 Å². The van der Waals surface area contributed by atoms with Gasteiger partial charge in [-0.05, 0) is 50.1 Å². The predicted molar refractivity (Wildman–Crippen MR) is 113 cm³/mol. The van der Waals surface area contributed by atoms with Crippen molar-refractivity contribution in [2.75, 3.05) is 19.0 Å². The number of ether oxygens (including phenoxy) is 3. The minimum atomic E-state index is -0.969. The molecule has 0 fully saturated rings. The molecule has 8 nitrogen and oxygen atoms in total. The van der Waals surface area contributed by atoms with Crippen molar-refractivity contribution in [1.82, 2.24) is 9.29 Å². The van der Waals surface area contributed by atoms with Crippen LogP contribution in [0.2, 0.25) is 0 Å².